The number of halogens is 1. The minimum Gasteiger partial charge on any atom is -0.339 e. The van der Waals surface area contributed by atoms with Crippen LogP contribution >= 0.6 is 15.9 Å². The number of benzene rings is 1. The molecule has 21 heavy (non-hydrogen) atoms. The molecule has 1 heterocycles. The molecule has 0 spiro atoms. The lowest BCUT2D eigenvalue weighted by Gasteiger charge is -2.33. The van der Waals surface area contributed by atoms with Crippen molar-refractivity contribution in [3.63, 3.8) is 0 Å². The number of aromatic nitrogens is 2. The van der Waals surface area contributed by atoms with Gasteiger partial charge in [-0.05, 0) is 49.3 Å². The first kappa shape index (κ1) is 14.7. The quantitative estimate of drug-likeness (QED) is 0.915. The van der Waals surface area contributed by atoms with E-state index in [0.29, 0.717) is 18.1 Å². The maximum absolute atomic E-state index is 6.48. The van der Waals surface area contributed by atoms with Gasteiger partial charge in [0.25, 0.3) is 0 Å². The minimum absolute atomic E-state index is 0.409. The Kier molecular flexibility index (Phi) is 4.13. The zero-order chi connectivity index (χ0) is 14.9. The molecule has 2 aromatic rings. The van der Waals surface area contributed by atoms with Crippen LogP contribution in [0.2, 0.25) is 0 Å². The summed E-state index contributed by atoms with van der Waals surface area (Å²) in [4.78, 5) is 4.53. The predicted molar refractivity (Wildman–Crippen MR) is 84.7 cm³/mol. The molecule has 112 valence electrons. The molecule has 4 nitrogen and oxygen atoms in total. The minimum atomic E-state index is -0.409. The molecular formula is C16H20BrN3O. The van der Waals surface area contributed by atoms with E-state index in [1.165, 1.54) is 0 Å². The largest absolute Gasteiger partial charge is 0.339 e. The third kappa shape index (κ3) is 3.35. The second-order valence-electron chi connectivity index (χ2n) is 6.15. The molecule has 0 bridgehead atoms. The molecule has 2 N–H and O–H groups in total. The SMILES string of the molecule is CC1CCC(N)(c2noc(Cc3ccc(Br)cc3)n2)CC1. The first-order valence-electron chi connectivity index (χ1n) is 7.41. The molecule has 0 atom stereocenters. The van der Waals surface area contributed by atoms with E-state index < -0.39 is 5.54 Å². The number of nitrogens with two attached hydrogens (primary N) is 1. The third-order valence-corrected chi connectivity index (χ3v) is 4.88. The zero-order valence-corrected chi connectivity index (χ0v) is 13.8. The lowest BCUT2D eigenvalue weighted by molar-refractivity contribution is 0.230. The third-order valence-electron chi connectivity index (χ3n) is 4.35. The van der Waals surface area contributed by atoms with Crippen molar-refractivity contribution >= 4 is 15.9 Å². The van der Waals surface area contributed by atoms with Crippen LogP contribution in [0.4, 0.5) is 0 Å². The summed E-state index contributed by atoms with van der Waals surface area (Å²) in [6, 6.07) is 8.13. The van der Waals surface area contributed by atoms with Crippen LogP contribution in [0.15, 0.2) is 33.3 Å². The Morgan fingerprint density at radius 3 is 2.62 bits per heavy atom. The Bertz CT molecular complexity index is 600. The van der Waals surface area contributed by atoms with Crippen LogP contribution < -0.4 is 5.73 Å². The van der Waals surface area contributed by atoms with Crippen molar-refractivity contribution in [2.45, 2.75) is 44.6 Å². The fourth-order valence-corrected chi connectivity index (χ4v) is 3.07. The Balaban J connectivity index is 1.72. The first-order chi connectivity index (χ1) is 10.0. The molecular weight excluding hydrogens is 330 g/mol. The fraction of sp³-hybridized carbons (Fsp3) is 0.500. The standard InChI is InChI=1S/C16H20BrN3O/c1-11-6-8-16(18,9-7-11)15-19-14(21-20-15)10-12-2-4-13(17)5-3-12/h2-5,11H,6-10,18H2,1H3. The van der Waals surface area contributed by atoms with Gasteiger partial charge < -0.3 is 10.3 Å². The van der Waals surface area contributed by atoms with Crippen molar-refractivity contribution in [1.82, 2.24) is 10.1 Å². The summed E-state index contributed by atoms with van der Waals surface area (Å²) in [7, 11) is 0. The van der Waals surface area contributed by atoms with Gasteiger partial charge in [-0.3, -0.25) is 0 Å². The van der Waals surface area contributed by atoms with Crippen LogP contribution in [-0.4, -0.2) is 10.1 Å². The summed E-state index contributed by atoms with van der Waals surface area (Å²) < 4.78 is 6.46. The van der Waals surface area contributed by atoms with E-state index in [-0.39, 0.29) is 0 Å². The lowest BCUT2D eigenvalue weighted by Crippen LogP contribution is -2.41. The molecule has 0 unspecified atom stereocenters. The average molecular weight is 350 g/mol. The maximum Gasteiger partial charge on any atom is 0.231 e. The summed E-state index contributed by atoms with van der Waals surface area (Å²) in [6.07, 6.45) is 4.78. The van der Waals surface area contributed by atoms with Crippen LogP contribution in [0.5, 0.6) is 0 Å². The first-order valence-corrected chi connectivity index (χ1v) is 8.21. The van der Waals surface area contributed by atoms with Crippen molar-refractivity contribution in [2.75, 3.05) is 0 Å². The summed E-state index contributed by atoms with van der Waals surface area (Å²) >= 11 is 3.43. The number of hydrogen-bond acceptors (Lipinski definition) is 4. The molecule has 0 amide bonds. The van der Waals surface area contributed by atoms with E-state index in [1.807, 2.05) is 12.1 Å². The van der Waals surface area contributed by atoms with Crippen LogP contribution in [0.25, 0.3) is 0 Å². The Labute approximate surface area is 133 Å². The molecule has 1 aliphatic rings. The van der Waals surface area contributed by atoms with Crippen molar-refractivity contribution in [1.29, 1.82) is 0 Å². The number of nitrogens with zero attached hydrogens (tertiary/aromatic N) is 2. The monoisotopic (exact) mass is 349 g/mol. The normalized spacial score (nSPS) is 26.0. The second kappa shape index (κ2) is 5.89. The number of hydrogen-bond donors (Lipinski definition) is 1. The molecule has 1 aliphatic carbocycles. The van der Waals surface area contributed by atoms with Crippen LogP contribution in [-0.2, 0) is 12.0 Å². The van der Waals surface area contributed by atoms with Gasteiger partial charge in [-0.2, -0.15) is 4.98 Å². The fourth-order valence-electron chi connectivity index (χ4n) is 2.81. The topological polar surface area (TPSA) is 64.9 Å². The van der Waals surface area contributed by atoms with Crippen molar-refractivity contribution in [3.8, 4) is 0 Å². The van der Waals surface area contributed by atoms with Gasteiger partial charge in [0, 0.05) is 4.47 Å². The molecule has 0 saturated heterocycles. The van der Waals surface area contributed by atoms with E-state index in [2.05, 4.69) is 45.1 Å². The van der Waals surface area contributed by atoms with Crippen LogP contribution in [0, 0.1) is 5.92 Å². The zero-order valence-electron chi connectivity index (χ0n) is 12.2. The molecule has 0 radical (unpaired) electrons. The number of rotatable bonds is 3. The van der Waals surface area contributed by atoms with Crippen molar-refractivity contribution in [2.24, 2.45) is 11.7 Å². The van der Waals surface area contributed by atoms with Gasteiger partial charge in [0.2, 0.25) is 5.89 Å². The van der Waals surface area contributed by atoms with E-state index >= 15 is 0 Å². The summed E-state index contributed by atoms with van der Waals surface area (Å²) in [5.74, 6) is 2.05. The van der Waals surface area contributed by atoms with Crippen molar-refractivity contribution in [3.05, 3.63) is 46.0 Å². The second-order valence-corrected chi connectivity index (χ2v) is 7.07. The molecule has 0 aliphatic heterocycles. The van der Waals surface area contributed by atoms with Gasteiger partial charge in [0.05, 0.1) is 12.0 Å². The van der Waals surface area contributed by atoms with E-state index in [1.54, 1.807) is 0 Å². The summed E-state index contributed by atoms with van der Waals surface area (Å²) in [5, 5.41) is 4.13. The molecule has 1 aromatic heterocycles. The lowest BCUT2D eigenvalue weighted by atomic mass is 9.77. The highest BCUT2D eigenvalue weighted by Gasteiger charge is 2.36. The highest BCUT2D eigenvalue weighted by Crippen LogP contribution is 2.36. The van der Waals surface area contributed by atoms with Gasteiger partial charge in [0.1, 0.15) is 0 Å². The highest BCUT2D eigenvalue weighted by molar-refractivity contribution is 9.10. The van der Waals surface area contributed by atoms with Crippen LogP contribution in [0.3, 0.4) is 0 Å². The van der Waals surface area contributed by atoms with Crippen LogP contribution in [0.1, 0.15) is 49.9 Å². The Hall–Kier alpha value is -1.20. The van der Waals surface area contributed by atoms with Gasteiger partial charge in [-0.15, -0.1) is 0 Å². The van der Waals surface area contributed by atoms with Gasteiger partial charge >= 0.3 is 0 Å². The van der Waals surface area contributed by atoms with E-state index in [0.717, 1.165) is 41.6 Å². The van der Waals surface area contributed by atoms with Crippen molar-refractivity contribution < 1.29 is 4.52 Å². The van der Waals surface area contributed by atoms with Gasteiger partial charge in [-0.25, -0.2) is 0 Å². The Morgan fingerprint density at radius 1 is 1.29 bits per heavy atom. The molecule has 1 aromatic carbocycles. The van der Waals surface area contributed by atoms with E-state index in [9.17, 15) is 0 Å². The molecule has 5 heteroatoms. The smallest absolute Gasteiger partial charge is 0.231 e. The highest BCUT2D eigenvalue weighted by atomic mass is 79.9. The molecule has 1 fully saturated rings. The van der Waals surface area contributed by atoms with Gasteiger partial charge in [-0.1, -0.05) is 40.1 Å². The van der Waals surface area contributed by atoms with E-state index in [4.69, 9.17) is 10.3 Å². The molecule has 1 saturated carbocycles. The summed E-state index contributed by atoms with van der Waals surface area (Å²) in [6.45, 7) is 2.27. The Morgan fingerprint density at radius 2 is 1.95 bits per heavy atom. The molecule has 3 rings (SSSR count). The average Bonchev–Trinajstić information content (AvgIpc) is 2.94. The summed E-state index contributed by atoms with van der Waals surface area (Å²) in [5.41, 5.74) is 7.22. The van der Waals surface area contributed by atoms with Gasteiger partial charge in [0.15, 0.2) is 5.82 Å². The maximum atomic E-state index is 6.48. The predicted octanol–water partition coefficient (Wildman–Crippen LogP) is 3.79.